The lowest BCUT2D eigenvalue weighted by Gasteiger charge is -2.35. The Morgan fingerprint density at radius 3 is 2.64 bits per heavy atom. The zero-order valence-corrected chi connectivity index (χ0v) is 10.1. The van der Waals surface area contributed by atoms with Gasteiger partial charge < -0.3 is 5.32 Å². The molecule has 0 amide bonds. The highest BCUT2D eigenvalue weighted by Gasteiger charge is 2.26. The van der Waals surface area contributed by atoms with Crippen LogP contribution in [0.3, 0.4) is 0 Å². The lowest BCUT2D eigenvalue weighted by Crippen LogP contribution is -2.41. The van der Waals surface area contributed by atoms with Crippen molar-refractivity contribution in [3.63, 3.8) is 0 Å². The van der Waals surface area contributed by atoms with Crippen LogP contribution >= 0.6 is 11.6 Å². The summed E-state index contributed by atoms with van der Waals surface area (Å²) in [5, 5.41) is 4.24. The van der Waals surface area contributed by atoms with Gasteiger partial charge in [-0.25, -0.2) is 0 Å². The van der Waals surface area contributed by atoms with Crippen LogP contribution in [0.2, 0.25) is 0 Å². The van der Waals surface area contributed by atoms with Gasteiger partial charge in [-0.15, -0.1) is 0 Å². The van der Waals surface area contributed by atoms with E-state index in [2.05, 4.69) is 25.7 Å². The Bertz CT molecular complexity index is 189. The van der Waals surface area contributed by atoms with Crippen molar-refractivity contribution in [2.75, 3.05) is 6.54 Å². The lowest BCUT2D eigenvalue weighted by molar-refractivity contribution is 0.210. The van der Waals surface area contributed by atoms with Crippen molar-refractivity contribution in [3.05, 3.63) is 11.6 Å². The largest absolute Gasteiger partial charge is 0.309 e. The molecule has 2 heteroatoms. The molecule has 0 spiro atoms. The van der Waals surface area contributed by atoms with Crippen LogP contribution in [-0.2, 0) is 0 Å². The zero-order valence-electron chi connectivity index (χ0n) is 9.35. The molecule has 2 atom stereocenters. The van der Waals surface area contributed by atoms with Gasteiger partial charge in [0, 0.05) is 17.6 Å². The Morgan fingerprint density at radius 2 is 2.07 bits per heavy atom. The van der Waals surface area contributed by atoms with E-state index in [1.54, 1.807) is 0 Å². The molecule has 1 aliphatic rings. The summed E-state index contributed by atoms with van der Waals surface area (Å²) in [6, 6.07) is 0.652. The molecule has 2 unspecified atom stereocenters. The maximum atomic E-state index is 5.77. The molecule has 1 fully saturated rings. The fraction of sp³-hybridized carbons (Fsp3) is 0.833. The first kappa shape index (κ1) is 12.1. The van der Waals surface area contributed by atoms with Crippen LogP contribution in [0, 0.1) is 11.8 Å². The Morgan fingerprint density at radius 1 is 1.43 bits per heavy atom. The monoisotopic (exact) mass is 215 g/mol. The third-order valence-corrected chi connectivity index (χ3v) is 3.37. The first-order chi connectivity index (χ1) is 6.61. The molecule has 0 radical (unpaired) electrons. The van der Waals surface area contributed by atoms with Crippen LogP contribution < -0.4 is 5.32 Å². The summed E-state index contributed by atoms with van der Waals surface area (Å²) >= 11 is 5.77. The molecule has 0 saturated heterocycles. The van der Waals surface area contributed by atoms with E-state index in [-0.39, 0.29) is 0 Å². The van der Waals surface area contributed by atoms with Gasteiger partial charge >= 0.3 is 0 Å². The van der Waals surface area contributed by atoms with Crippen molar-refractivity contribution in [2.24, 2.45) is 11.8 Å². The fourth-order valence-electron chi connectivity index (χ4n) is 2.45. The predicted octanol–water partition coefficient (Wildman–Crippen LogP) is 3.54. The van der Waals surface area contributed by atoms with Gasteiger partial charge in [0.15, 0.2) is 0 Å². The highest BCUT2D eigenvalue weighted by Crippen LogP contribution is 2.30. The van der Waals surface area contributed by atoms with E-state index in [1.165, 1.54) is 25.7 Å². The third-order valence-electron chi connectivity index (χ3n) is 3.23. The van der Waals surface area contributed by atoms with Crippen LogP contribution in [-0.4, -0.2) is 12.6 Å². The van der Waals surface area contributed by atoms with Gasteiger partial charge in [-0.05, 0) is 24.7 Å². The standard InChI is InChI=1S/C12H22ClN/c1-9(2)11-6-4-5-7-12(11)14-8-10(3)13/h9,11-12,14H,3-8H2,1-2H3. The molecular formula is C12H22ClN. The molecule has 1 nitrogen and oxygen atoms in total. The van der Waals surface area contributed by atoms with Crippen molar-refractivity contribution in [2.45, 2.75) is 45.6 Å². The summed E-state index contributed by atoms with van der Waals surface area (Å²) in [4.78, 5) is 0. The Balaban J connectivity index is 2.41. The lowest BCUT2D eigenvalue weighted by atomic mass is 9.78. The molecule has 0 aliphatic heterocycles. The van der Waals surface area contributed by atoms with E-state index in [0.717, 1.165) is 23.4 Å². The Kier molecular flexibility index (Phi) is 4.97. The maximum Gasteiger partial charge on any atom is 0.0310 e. The van der Waals surface area contributed by atoms with Crippen molar-refractivity contribution < 1.29 is 0 Å². The molecule has 0 aromatic heterocycles. The van der Waals surface area contributed by atoms with Gasteiger partial charge in [-0.2, -0.15) is 0 Å². The van der Waals surface area contributed by atoms with Crippen molar-refractivity contribution in [1.29, 1.82) is 0 Å². The normalized spacial score (nSPS) is 28.0. The van der Waals surface area contributed by atoms with Crippen molar-refractivity contribution in [1.82, 2.24) is 5.32 Å². The van der Waals surface area contributed by atoms with E-state index < -0.39 is 0 Å². The van der Waals surface area contributed by atoms with Crippen molar-refractivity contribution >= 4 is 11.6 Å². The second-order valence-corrected chi connectivity index (χ2v) is 5.23. The first-order valence-electron chi connectivity index (χ1n) is 5.68. The van der Waals surface area contributed by atoms with Crippen LogP contribution in [0.25, 0.3) is 0 Å². The summed E-state index contributed by atoms with van der Waals surface area (Å²) < 4.78 is 0. The summed E-state index contributed by atoms with van der Waals surface area (Å²) in [6.45, 7) is 9.11. The third kappa shape index (κ3) is 3.62. The van der Waals surface area contributed by atoms with E-state index >= 15 is 0 Å². The van der Waals surface area contributed by atoms with Gasteiger partial charge in [0.1, 0.15) is 0 Å². The number of nitrogens with one attached hydrogen (secondary N) is 1. The van der Waals surface area contributed by atoms with Crippen LogP contribution in [0.5, 0.6) is 0 Å². The summed E-state index contributed by atoms with van der Waals surface area (Å²) in [5.74, 6) is 1.59. The second-order valence-electron chi connectivity index (χ2n) is 4.70. The average molecular weight is 216 g/mol. The number of halogens is 1. The smallest absolute Gasteiger partial charge is 0.0310 e. The maximum absolute atomic E-state index is 5.77. The van der Waals surface area contributed by atoms with E-state index in [9.17, 15) is 0 Å². The van der Waals surface area contributed by atoms with Gasteiger partial charge in [-0.3, -0.25) is 0 Å². The molecule has 0 bridgehead atoms. The topological polar surface area (TPSA) is 12.0 Å². The average Bonchev–Trinajstić information content (AvgIpc) is 2.15. The van der Waals surface area contributed by atoms with E-state index in [4.69, 9.17) is 11.6 Å². The van der Waals surface area contributed by atoms with Gasteiger partial charge in [-0.1, -0.05) is 44.9 Å². The minimum absolute atomic E-state index is 0.652. The van der Waals surface area contributed by atoms with Gasteiger partial charge in [0.05, 0.1) is 0 Å². The summed E-state index contributed by atoms with van der Waals surface area (Å²) in [5.41, 5.74) is 0. The van der Waals surface area contributed by atoms with Crippen molar-refractivity contribution in [3.8, 4) is 0 Å². The highest BCUT2D eigenvalue weighted by molar-refractivity contribution is 6.29. The van der Waals surface area contributed by atoms with E-state index in [0.29, 0.717) is 6.04 Å². The second kappa shape index (κ2) is 5.77. The summed E-state index contributed by atoms with van der Waals surface area (Å²) in [7, 11) is 0. The quantitative estimate of drug-likeness (QED) is 0.757. The molecule has 1 aliphatic carbocycles. The zero-order chi connectivity index (χ0) is 10.6. The molecule has 0 aromatic carbocycles. The SMILES string of the molecule is C=C(Cl)CNC1CCCCC1C(C)C. The summed E-state index contributed by atoms with van der Waals surface area (Å²) in [6.07, 6.45) is 5.41. The molecule has 1 saturated carbocycles. The minimum Gasteiger partial charge on any atom is -0.309 e. The minimum atomic E-state index is 0.652. The van der Waals surface area contributed by atoms with Crippen LogP contribution in [0.1, 0.15) is 39.5 Å². The molecule has 0 aromatic rings. The Hall–Kier alpha value is -0.0100. The number of rotatable bonds is 4. The highest BCUT2D eigenvalue weighted by atomic mass is 35.5. The van der Waals surface area contributed by atoms with Gasteiger partial charge in [0.2, 0.25) is 0 Å². The molecule has 0 heterocycles. The van der Waals surface area contributed by atoms with Gasteiger partial charge in [0.25, 0.3) is 0 Å². The van der Waals surface area contributed by atoms with Crippen LogP contribution in [0.4, 0.5) is 0 Å². The molecule has 14 heavy (non-hydrogen) atoms. The fourth-order valence-corrected chi connectivity index (χ4v) is 2.53. The molecule has 1 rings (SSSR count). The predicted molar refractivity (Wildman–Crippen MR) is 63.6 cm³/mol. The number of hydrogen-bond acceptors (Lipinski definition) is 1. The van der Waals surface area contributed by atoms with Crippen LogP contribution in [0.15, 0.2) is 11.6 Å². The molecule has 1 N–H and O–H groups in total. The molecule has 82 valence electrons. The molecular weight excluding hydrogens is 194 g/mol. The van der Waals surface area contributed by atoms with E-state index in [1.807, 2.05) is 0 Å². The Labute approximate surface area is 92.9 Å². The number of hydrogen-bond donors (Lipinski definition) is 1. The first-order valence-corrected chi connectivity index (χ1v) is 6.05.